The summed E-state index contributed by atoms with van der Waals surface area (Å²) in [6, 6.07) is 0. The van der Waals surface area contributed by atoms with E-state index in [1.54, 1.807) is 0 Å². The van der Waals surface area contributed by atoms with E-state index in [2.05, 4.69) is 10.2 Å². The zero-order valence-corrected chi connectivity index (χ0v) is 12.4. The monoisotopic (exact) mass is 274 g/mol. The van der Waals surface area contributed by atoms with Crippen molar-refractivity contribution in [1.29, 1.82) is 0 Å². The van der Waals surface area contributed by atoms with Crippen LogP contribution in [0.4, 0.5) is 0 Å². The molecule has 0 aromatic heterocycles. The summed E-state index contributed by atoms with van der Waals surface area (Å²) >= 11 is 0. The van der Waals surface area contributed by atoms with Crippen molar-refractivity contribution >= 4 is 5.91 Å². The van der Waals surface area contributed by atoms with E-state index in [9.17, 15) is 4.79 Å². The number of nitrogens with zero attached hydrogens (tertiary/aromatic N) is 1. The second kappa shape index (κ2) is 3.79. The first kappa shape index (κ1) is 12.0. The highest BCUT2D eigenvalue weighted by atomic mass is 16.2. The first-order valence-corrected chi connectivity index (χ1v) is 8.81. The molecule has 3 heteroatoms. The van der Waals surface area contributed by atoms with E-state index in [0.717, 1.165) is 31.2 Å². The molecule has 1 atom stereocenters. The Hall–Kier alpha value is -0.570. The number of hydrogen-bond acceptors (Lipinski definition) is 2. The van der Waals surface area contributed by atoms with E-state index in [-0.39, 0.29) is 5.54 Å². The van der Waals surface area contributed by atoms with Crippen molar-refractivity contribution in [2.24, 2.45) is 17.3 Å². The van der Waals surface area contributed by atoms with Crippen molar-refractivity contribution in [2.45, 2.75) is 75.9 Å². The van der Waals surface area contributed by atoms with Gasteiger partial charge in [0.15, 0.2) is 0 Å². The molecular weight excluding hydrogens is 248 g/mol. The normalized spacial score (nSPS) is 37.9. The van der Waals surface area contributed by atoms with Crippen LogP contribution in [0.15, 0.2) is 0 Å². The smallest absolute Gasteiger partial charge is 0.244 e. The van der Waals surface area contributed by atoms with Gasteiger partial charge < -0.3 is 4.90 Å². The highest BCUT2D eigenvalue weighted by molar-refractivity contribution is 5.92. The van der Waals surface area contributed by atoms with Crippen molar-refractivity contribution in [2.75, 3.05) is 6.54 Å². The average molecular weight is 274 g/mol. The molecule has 5 rings (SSSR count). The van der Waals surface area contributed by atoms with Crippen LogP contribution in [0.2, 0.25) is 0 Å². The molecular formula is C17H26N2O. The quantitative estimate of drug-likeness (QED) is 0.855. The molecule has 1 unspecified atom stereocenters. The second-order valence-corrected chi connectivity index (χ2v) is 8.29. The largest absolute Gasteiger partial charge is 0.325 e. The van der Waals surface area contributed by atoms with Crippen LogP contribution in [0, 0.1) is 17.3 Å². The molecule has 5 aliphatic rings. The van der Waals surface area contributed by atoms with Crippen LogP contribution in [-0.2, 0) is 4.79 Å². The Kier molecular flexibility index (Phi) is 2.28. The van der Waals surface area contributed by atoms with Gasteiger partial charge in [0.25, 0.3) is 0 Å². The van der Waals surface area contributed by atoms with E-state index in [4.69, 9.17) is 0 Å². The number of hydrogen-bond donors (Lipinski definition) is 1. The Balaban J connectivity index is 1.39. The van der Waals surface area contributed by atoms with E-state index in [0.29, 0.717) is 17.5 Å². The molecule has 4 saturated carbocycles. The molecule has 1 spiro atoms. The zero-order valence-electron chi connectivity index (χ0n) is 12.4. The lowest BCUT2D eigenvalue weighted by Gasteiger charge is -2.32. The number of amides is 1. The van der Waals surface area contributed by atoms with Crippen LogP contribution in [-0.4, -0.2) is 29.1 Å². The predicted molar refractivity (Wildman–Crippen MR) is 77.0 cm³/mol. The summed E-state index contributed by atoms with van der Waals surface area (Å²) in [5, 5.41) is 3.77. The van der Waals surface area contributed by atoms with Crippen LogP contribution in [0.1, 0.15) is 64.2 Å². The topological polar surface area (TPSA) is 32.3 Å². The average Bonchev–Trinajstić information content (AvgIpc) is 3.32. The summed E-state index contributed by atoms with van der Waals surface area (Å²) < 4.78 is 0. The molecule has 3 nitrogen and oxygen atoms in total. The van der Waals surface area contributed by atoms with Crippen LogP contribution >= 0.6 is 0 Å². The highest BCUT2D eigenvalue weighted by Crippen LogP contribution is 2.62. The fourth-order valence-electron chi connectivity index (χ4n) is 5.01. The van der Waals surface area contributed by atoms with E-state index >= 15 is 0 Å². The fourth-order valence-corrected chi connectivity index (χ4v) is 5.01. The molecule has 1 amide bonds. The first-order valence-electron chi connectivity index (χ1n) is 8.81. The lowest BCUT2D eigenvalue weighted by atomic mass is 9.97. The van der Waals surface area contributed by atoms with Gasteiger partial charge in [0.05, 0.1) is 11.7 Å². The lowest BCUT2D eigenvalue weighted by molar-refractivity contribution is -0.132. The summed E-state index contributed by atoms with van der Waals surface area (Å²) in [5.41, 5.74) is 0.446. The van der Waals surface area contributed by atoms with Crippen LogP contribution in [0.5, 0.6) is 0 Å². The summed E-state index contributed by atoms with van der Waals surface area (Å²) in [4.78, 5) is 15.2. The minimum absolute atomic E-state index is 0.104. The van der Waals surface area contributed by atoms with Gasteiger partial charge in [-0.25, -0.2) is 0 Å². The van der Waals surface area contributed by atoms with Gasteiger partial charge in [0.1, 0.15) is 0 Å². The van der Waals surface area contributed by atoms with Gasteiger partial charge in [-0.2, -0.15) is 0 Å². The maximum Gasteiger partial charge on any atom is 0.244 e. The van der Waals surface area contributed by atoms with Gasteiger partial charge in [-0.15, -0.1) is 0 Å². The maximum atomic E-state index is 12.9. The SMILES string of the molecule is O=C1N(CC2(C3CC3)CC2)C(C2CCCC2)NC12CC2. The third-order valence-electron chi connectivity index (χ3n) is 6.85. The second-order valence-electron chi connectivity index (χ2n) is 8.29. The summed E-state index contributed by atoms with van der Waals surface area (Å²) in [6.45, 7) is 1.08. The minimum Gasteiger partial charge on any atom is -0.325 e. The minimum atomic E-state index is -0.104. The molecule has 4 aliphatic carbocycles. The van der Waals surface area contributed by atoms with Gasteiger partial charge in [0.2, 0.25) is 5.91 Å². The summed E-state index contributed by atoms with van der Waals surface area (Å²) in [6.07, 6.45) is 13.5. The Bertz CT molecular complexity index is 442. The van der Waals surface area contributed by atoms with E-state index in [1.165, 1.54) is 51.4 Å². The van der Waals surface area contributed by atoms with Gasteiger partial charge in [0, 0.05) is 6.54 Å². The van der Waals surface area contributed by atoms with Gasteiger partial charge in [-0.05, 0) is 68.6 Å². The number of carbonyl (C=O) groups is 1. The number of carbonyl (C=O) groups excluding carboxylic acids is 1. The van der Waals surface area contributed by atoms with Crippen molar-refractivity contribution in [1.82, 2.24) is 10.2 Å². The van der Waals surface area contributed by atoms with Gasteiger partial charge >= 0.3 is 0 Å². The molecule has 0 radical (unpaired) electrons. The van der Waals surface area contributed by atoms with Crippen LogP contribution < -0.4 is 5.32 Å². The molecule has 0 aromatic rings. The third-order valence-corrected chi connectivity index (χ3v) is 6.85. The highest BCUT2D eigenvalue weighted by Gasteiger charge is 2.63. The van der Waals surface area contributed by atoms with Crippen molar-refractivity contribution in [3.8, 4) is 0 Å². The van der Waals surface area contributed by atoms with Crippen molar-refractivity contribution in [3.05, 3.63) is 0 Å². The lowest BCUT2D eigenvalue weighted by Crippen LogP contribution is -2.45. The Morgan fingerprint density at radius 2 is 1.75 bits per heavy atom. The predicted octanol–water partition coefficient (Wildman–Crippen LogP) is 2.66. The number of nitrogens with one attached hydrogen (secondary N) is 1. The summed E-state index contributed by atoms with van der Waals surface area (Å²) in [5.74, 6) is 2.14. The first-order chi connectivity index (χ1) is 9.73. The van der Waals surface area contributed by atoms with Crippen molar-refractivity contribution in [3.63, 3.8) is 0 Å². The van der Waals surface area contributed by atoms with Crippen LogP contribution in [0.25, 0.3) is 0 Å². The van der Waals surface area contributed by atoms with E-state index < -0.39 is 0 Å². The van der Waals surface area contributed by atoms with Gasteiger partial charge in [-0.3, -0.25) is 10.1 Å². The van der Waals surface area contributed by atoms with E-state index in [1.807, 2.05) is 0 Å². The maximum absolute atomic E-state index is 12.9. The fraction of sp³-hybridized carbons (Fsp3) is 0.941. The third kappa shape index (κ3) is 1.65. The standard InChI is InChI=1S/C17H26N2O/c20-15-17(9-10-17)18-14(12-3-1-2-4-12)19(15)11-16(7-8-16)13-5-6-13/h12-14,18H,1-11H2. The number of rotatable bonds is 4. The van der Waals surface area contributed by atoms with Gasteiger partial charge in [-0.1, -0.05) is 12.8 Å². The molecule has 20 heavy (non-hydrogen) atoms. The Labute approximate surface area is 121 Å². The molecule has 0 aromatic carbocycles. The summed E-state index contributed by atoms with van der Waals surface area (Å²) in [7, 11) is 0. The molecule has 1 saturated heterocycles. The molecule has 1 heterocycles. The zero-order chi connectivity index (χ0) is 13.4. The van der Waals surface area contributed by atoms with Crippen LogP contribution in [0.3, 0.4) is 0 Å². The molecule has 1 aliphatic heterocycles. The molecule has 110 valence electrons. The Morgan fingerprint density at radius 1 is 1.05 bits per heavy atom. The molecule has 1 N–H and O–H groups in total. The Morgan fingerprint density at radius 3 is 2.30 bits per heavy atom. The van der Waals surface area contributed by atoms with Crippen molar-refractivity contribution < 1.29 is 4.79 Å². The molecule has 5 fully saturated rings. The molecule has 0 bridgehead atoms.